The van der Waals surface area contributed by atoms with Crippen LogP contribution in [0, 0.1) is 5.92 Å². The summed E-state index contributed by atoms with van der Waals surface area (Å²) in [6.07, 6.45) is 2.41. The fourth-order valence-corrected chi connectivity index (χ4v) is 5.52. The Bertz CT molecular complexity index is 720. The minimum atomic E-state index is -1.17. The van der Waals surface area contributed by atoms with E-state index in [2.05, 4.69) is 16.0 Å². The molecule has 2 rings (SSSR count). The van der Waals surface area contributed by atoms with Crippen molar-refractivity contribution in [3.63, 3.8) is 0 Å². The van der Waals surface area contributed by atoms with Crippen LogP contribution in [0.25, 0.3) is 0 Å². The van der Waals surface area contributed by atoms with Crippen LogP contribution in [-0.4, -0.2) is 70.6 Å². The molecular weight excluding hydrogens is 454 g/mol. The summed E-state index contributed by atoms with van der Waals surface area (Å²) in [5.74, 6) is -1.09. The first kappa shape index (κ1) is 26.5. The number of ether oxygens (including phenoxy) is 1. The number of aliphatic hydroxyl groups excluding tert-OH is 1. The zero-order valence-electron chi connectivity index (χ0n) is 18.7. The summed E-state index contributed by atoms with van der Waals surface area (Å²) in [6.45, 7) is 5.33. The van der Waals surface area contributed by atoms with E-state index in [9.17, 15) is 24.3 Å². The fraction of sp³-hybridized carbons (Fsp3) is 0.714. The van der Waals surface area contributed by atoms with Crippen LogP contribution in [0.3, 0.4) is 0 Å². The van der Waals surface area contributed by atoms with Gasteiger partial charge < -0.3 is 25.8 Å². The number of esters is 1. The maximum absolute atomic E-state index is 13.1. The van der Waals surface area contributed by atoms with E-state index >= 15 is 0 Å². The molecule has 0 radical (unpaired) electrons. The Kier molecular flexibility index (Phi) is 10.9. The summed E-state index contributed by atoms with van der Waals surface area (Å²) in [5.41, 5.74) is 0. The van der Waals surface area contributed by atoms with Crippen LogP contribution in [0.5, 0.6) is 0 Å². The molecule has 2 aliphatic heterocycles. The normalized spacial score (nSPS) is 33.3. The van der Waals surface area contributed by atoms with Gasteiger partial charge in [-0.3, -0.25) is 19.2 Å². The molecule has 2 heterocycles. The Labute approximate surface area is 196 Å². The van der Waals surface area contributed by atoms with Crippen LogP contribution in [0.1, 0.15) is 46.5 Å². The molecular formula is C21H33N3O6S2. The van der Waals surface area contributed by atoms with E-state index in [1.54, 1.807) is 16.9 Å². The molecule has 3 amide bonds. The quantitative estimate of drug-likeness (QED) is 0.257. The number of nitrogens with one attached hydrogen (secondary N) is 3. The van der Waals surface area contributed by atoms with Gasteiger partial charge in [-0.1, -0.05) is 47.9 Å². The van der Waals surface area contributed by atoms with Crippen LogP contribution < -0.4 is 16.0 Å². The Morgan fingerprint density at radius 3 is 2.59 bits per heavy atom. The lowest BCUT2D eigenvalue weighted by molar-refractivity contribution is -0.151. The summed E-state index contributed by atoms with van der Waals surface area (Å²) < 4.78 is 5.46. The van der Waals surface area contributed by atoms with Gasteiger partial charge in [0.05, 0.1) is 25.0 Å². The van der Waals surface area contributed by atoms with Crippen molar-refractivity contribution in [1.82, 2.24) is 16.0 Å². The molecule has 2 bridgehead atoms. The van der Waals surface area contributed by atoms with Gasteiger partial charge in [-0.2, -0.15) is 0 Å². The van der Waals surface area contributed by atoms with E-state index < -0.39 is 54.0 Å². The average Bonchev–Trinajstić information content (AvgIpc) is 2.73. The molecule has 0 aromatic carbocycles. The van der Waals surface area contributed by atoms with E-state index in [1.165, 1.54) is 17.7 Å². The Hall–Kier alpha value is -1.72. The van der Waals surface area contributed by atoms with Crippen LogP contribution in [0.4, 0.5) is 0 Å². The molecule has 0 saturated carbocycles. The van der Waals surface area contributed by atoms with E-state index in [0.29, 0.717) is 18.6 Å². The van der Waals surface area contributed by atoms with Crippen molar-refractivity contribution < 1.29 is 29.0 Å². The molecule has 0 aromatic heterocycles. The summed E-state index contributed by atoms with van der Waals surface area (Å²) in [7, 11) is 3.03. The number of carbonyl (C=O) groups is 4. The number of rotatable bonds is 2. The first-order chi connectivity index (χ1) is 15.2. The summed E-state index contributed by atoms with van der Waals surface area (Å²) in [4.78, 5) is 50.7. The molecule has 180 valence electrons. The monoisotopic (exact) mass is 487 g/mol. The molecule has 6 unspecified atom stereocenters. The van der Waals surface area contributed by atoms with E-state index in [1.807, 2.05) is 19.9 Å². The molecule has 11 heteroatoms. The first-order valence-corrected chi connectivity index (χ1v) is 13.4. The number of allylic oxidation sites excluding steroid dienone is 1. The maximum atomic E-state index is 13.1. The predicted octanol–water partition coefficient (Wildman–Crippen LogP) is 0.915. The summed E-state index contributed by atoms with van der Waals surface area (Å²) in [6, 6.07) is -2.42. The second kappa shape index (κ2) is 13.1. The van der Waals surface area contributed by atoms with Gasteiger partial charge in [-0.05, 0) is 25.3 Å². The SMILES string of the molecule is CCC(C)C1NC(=O)C2CSSCC/C=C\C(CC(=O)NC(C)C(=O)N2)OC(=O)CC1O. The minimum Gasteiger partial charge on any atom is -0.457 e. The van der Waals surface area contributed by atoms with Gasteiger partial charge in [-0.25, -0.2) is 0 Å². The Balaban J connectivity index is 2.43. The van der Waals surface area contributed by atoms with Crippen molar-refractivity contribution in [2.45, 2.75) is 76.8 Å². The van der Waals surface area contributed by atoms with Crippen LogP contribution in [0.2, 0.25) is 0 Å². The van der Waals surface area contributed by atoms with Gasteiger partial charge in [-0.15, -0.1) is 0 Å². The van der Waals surface area contributed by atoms with Crippen molar-refractivity contribution in [2.75, 3.05) is 11.5 Å². The highest BCUT2D eigenvalue weighted by molar-refractivity contribution is 8.76. The highest BCUT2D eigenvalue weighted by Gasteiger charge is 2.33. The molecule has 0 aromatic rings. The maximum Gasteiger partial charge on any atom is 0.309 e. The van der Waals surface area contributed by atoms with Crippen molar-refractivity contribution in [3.05, 3.63) is 12.2 Å². The molecule has 9 nitrogen and oxygen atoms in total. The average molecular weight is 488 g/mol. The topological polar surface area (TPSA) is 134 Å². The number of aliphatic hydroxyl groups is 1. The molecule has 1 fully saturated rings. The first-order valence-electron chi connectivity index (χ1n) is 10.9. The van der Waals surface area contributed by atoms with Gasteiger partial charge in [0, 0.05) is 11.5 Å². The smallest absolute Gasteiger partial charge is 0.309 e. The highest BCUT2D eigenvalue weighted by Crippen LogP contribution is 2.24. The second-order valence-corrected chi connectivity index (χ2v) is 10.7. The molecule has 4 N–H and O–H groups in total. The molecule has 32 heavy (non-hydrogen) atoms. The van der Waals surface area contributed by atoms with Crippen molar-refractivity contribution >= 4 is 45.3 Å². The fourth-order valence-electron chi connectivity index (χ4n) is 3.37. The Morgan fingerprint density at radius 2 is 1.88 bits per heavy atom. The van der Waals surface area contributed by atoms with Crippen molar-refractivity contribution in [3.8, 4) is 0 Å². The van der Waals surface area contributed by atoms with Gasteiger partial charge in [0.25, 0.3) is 0 Å². The second-order valence-electron chi connectivity index (χ2n) is 8.10. The summed E-state index contributed by atoms with van der Waals surface area (Å²) >= 11 is 0. The predicted molar refractivity (Wildman–Crippen MR) is 125 cm³/mol. The van der Waals surface area contributed by atoms with Crippen LogP contribution in [0.15, 0.2) is 12.2 Å². The van der Waals surface area contributed by atoms with Crippen LogP contribution >= 0.6 is 21.6 Å². The third-order valence-electron chi connectivity index (χ3n) is 5.47. The standard InChI is InChI=1S/C21H33N3O6S2/c1-4-12(2)19-16(25)10-18(27)30-14-7-5-6-8-31-32-11-15(21(29)24-19)23-20(28)13(3)22-17(26)9-14/h5,7,12-16,19,25H,4,6,8-11H2,1-3H3,(H,22,26)(H,23,28)(H,24,29)/b7-5-. The number of hydrogen-bond acceptors (Lipinski definition) is 8. The van der Waals surface area contributed by atoms with Crippen molar-refractivity contribution in [2.24, 2.45) is 5.92 Å². The third kappa shape index (κ3) is 8.32. The highest BCUT2D eigenvalue weighted by atomic mass is 33.1. The zero-order chi connectivity index (χ0) is 23.7. The molecule has 0 spiro atoms. The third-order valence-corrected chi connectivity index (χ3v) is 7.91. The van der Waals surface area contributed by atoms with E-state index in [0.717, 1.165) is 5.75 Å². The van der Waals surface area contributed by atoms with Gasteiger partial charge in [0.1, 0.15) is 18.2 Å². The van der Waals surface area contributed by atoms with Crippen LogP contribution in [-0.2, 0) is 23.9 Å². The summed E-state index contributed by atoms with van der Waals surface area (Å²) in [5, 5.41) is 18.9. The molecule has 0 aliphatic carbocycles. The zero-order valence-corrected chi connectivity index (χ0v) is 20.3. The molecule has 2 aliphatic rings. The van der Waals surface area contributed by atoms with Gasteiger partial charge in [0.15, 0.2) is 0 Å². The lowest BCUT2D eigenvalue weighted by Crippen LogP contribution is -2.57. The Morgan fingerprint density at radius 1 is 1.12 bits per heavy atom. The molecule has 6 atom stereocenters. The lowest BCUT2D eigenvalue weighted by Gasteiger charge is -2.30. The lowest BCUT2D eigenvalue weighted by atomic mass is 9.92. The number of amides is 3. The van der Waals surface area contributed by atoms with E-state index in [-0.39, 0.29) is 18.8 Å². The number of fused-ring (bicyclic) bond motifs is 7. The van der Waals surface area contributed by atoms with Crippen molar-refractivity contribution in [1.29, 1.82) is 0 Å². The largest absolute Gasteiger partial charge is 0.457 e. The van der Waals surface area contributed by atoms with Gasteiger partial charge >= 0.3 is 5.97 Å². The number of hydrogen-bond donors (Lipinski definition) is 4. The van der Waals surface area contributed by atoms with Gasteiger partial charge in [0.2, 0.25) is 17.7 Å². The molecule has 1 saturated heterocycles. The minimum absolute atomic E-state index is 0.118. The van der Waals surface area contributed by atoms with E-state index in [4.69, 9.17) is 4.74 Å². The number of carbonyl (C=O) groups excluding carboxylic acids is 4.